The van der Waals surface area contributed by atoms with Crippen LogP contribution in [-0.4, -0.2) is 47.8 Å². The van der Waals surface area contributed by atoms with Gasteiger partial charge in [0.25, 0.3) is 0 Å². The maximum Gasteiger partial charge on any atom is 0.472 e. The highest BCUT2D eigenvalue weighted by atomic mass is 31.2. The Morgan fingerprint density at radius 1 is 0.592 bits per heavy atom. The normalized spacial score (nSPS) is 14.1. The summed E-state index contributed by atoms with van der Waals surface area (Å²) in [6, 6.07) is -0.766. The van der Waals surface area contributed by atoms with E-state index in [-0.39, 0.29) is 25.7 Å². The fourth-order valence-electron chi connectivity index (χ4n) is 6.49. The zero-order valence-corrected chi connectivity index (χ0v) is 33.3. The van der Waals surface area contributed by atoms with Crippen LogP contribution in [0.3, 0.4) is 0 Å². The van der Waals surface area contributed by atoms with E-state index in [2.05, 4.69) is 19.2 Å². The Balaban J connectivity index is 4.15. The van der Waals surface area contributed by atoms with Crippen molar-refractivity contribution >= 4 is 13.7 Å². The lowest BCUT2D eigenvalue weighted by molar-refractivity contribution is -0.123. The van der Waals surface area contributed by atoms with Crippen LogP contribution in [0.1, 0.15) is 219 Å². The van der Waals surface area contributed by atoms with Gasteiger partial charge in [-0.25, -0.2) is 4.57 Å². The highest BCUT2D eigenvalue weighted by Gasteiger charge is 2.27. The fourth-order valence-corrected chi connectivity index (χ4v) is 7.25. The van der Waals surface area contributed by atoms with Gasteiger partial charge in [0.15, 0.2) is 0 Å². The first-order valence-corrected chi connectivity index (χ1v) is 22.6. The molecule has 0 saturated carbocycles. The smallest absolute Gasteiger partial charge is 0.391 e. The molecular formula is C40H83N2O6P. The molecule has 49 heavy (non-hydrogen) atoms. The van der Waals surface area contributed by atoms with Crippen LogP contribution in [0.5, 0.6) is 0 Å². The summed E-state index contributed by atoms with van der Waals surface area (Å²) in [6.07, 6.45) is 38.2. The van der Waals surface area contributed by atoms with Gasteiger partial charge in [0.2, 0.25) is 5.91 Å². The quantitative estimate of drug-likeness (QED) is 0.0366. The summed E-state index contributed by atoms with van der Waals surface area (Å²) in [7, 11) is -4.31. The summed E-state index contributed by atoms with van der Waals surface area (Å²) in [5.41, 5.74) is 5.37. The molecule has 8 nitrogen and oxygen atoms in total. The number of nitrogens with two attached hydrogens (primary N) is 1. The molecule has 0 aromatic rings. The second-order valence-corrected chi connectivity index (χ2v) is 16.0. The fraction of sp³-hybridized carbons (Fsp3) is 0.975. The van der Waals surface area contributed by atoms with Crippen LogP contribution >= 0.6 is 7.82 Å². The second-order valence-electron chi connectivity index (χ2n) is 14.6. The third-order valence-electron chi connectivity index (χ3n) is 9.71. The number of carbonyl (C=O) groups is 1. The molecule has 0 heterocycles. The topological polar surface area (TPSA) is 131 Å². The SMILES string of the molecule is CCCCCCCCCCCCCCCCCCC(O)C(COP(=O)(O)OCCN)NC(=O)CCCCCCCCCCCCCCCC. The van der Waals surface area contributed by atoms with E-state index in [9.17, 15) is 19.4 Å². The number of nitrogens with one attached hydrogen (secondary N) is 1. The molecule has 0 aromatic heterocycles. The predicted molar refractivity (Wildman–Crippen MR) is 208 cm³/mol. The minimum absolute atomic E-state index is 0.0924. The van der Waals surface area contributed by atoms with Gasteiger partial charge in [0, 0.05) is 13.0 Å². The summed E-state index contributed by atoms with van der Waals surface area (Å²) in [5.74, 6) is -0.158. The van der Waals surface area contributed by atoms with Crippen molar-refractivity contribution in [2.75, 3.05) is 19.8 Å². The molecule has 0 bridgehead atoms. The first-order valence-electron chi connectivity index (χ1n) is 21.2. The van der Waals surface area contributed by atoms with Gasteiger partial charge < -0.3 is 21.1 Å². The Morgan fingerprint density at radius 3 is 1.31 bits per heavy atom. The molecule has 294 valence electrons. The lowest BCUT2D eigenvalue weighted by atomic mass is 10.0. The molecule has 9 heteroatoms. The van der Waals surface area contributed by atoms with Crippen molar-refractivity contribution in [3.63, 3.8) is 0 Å². The second kappa shape index (κ2) is 37.3. The van der Waals surface area contributed by atoms with E-state index in [1.807, 2.05) is 0 Å². The molecule has 0 aromatic carbocycles. The Hall–Kier alpha value is -0.500. The van der Waals surface area contributed by atoms with Crippen molar-refractivity contribution in [3.8, 4) is 0 Å². The monoisotopic (exact) mass is 719 g/mol. The lowest BCUT2D eigenvalue weighted by Crippen LogP contribution is -2.46. The molecular weight excluding hydrogens is 635 g/mol. The van der Waals surface area contributed by atoms with Gasteiger partial charge in [-0.2, -0.15) is 0 Å². The van der Waals surface area contributed by atoms with Crippen molar-refractivity contribution in [1.82, 2.24) is 5.32 Å². The van der Waals surface area contributed by atoms with Crippen LogP contribution in [0.4, 0.5) is 0 Å². The van der Waals surface area contributed by atoms with Gasteiger partial charge in [-0.1, -0.05) is 200 Å². The number of unbranched alkanes of at least 4 members (excludes halogenated alkanes) is 28. The highest BCUT2D eigenvalue weighted by Crippen LogP contribution is 2.43. The average Bonchev–Trinajstić information content (AvgIpc) is 3.09. The van der Waals surface area contributed by atoms with Gasteiger partial charge in [-0.15, -0.1) is 0 Å². The summed E-state index contributed by atoms with van der Waals surface area (Å²) >= 11 is 0. The number of aliphatic hydroxyl groups excluding tert-OH is 1. The zero-order valence-electron chi connectivity index (χ0n) is 32.5. The van der Waals surface area contributed by atoms with Crippen molar-refractivity contribution in [2.45, 2.75) is 231 Å². The molecule has 1 amide bonds. The van der Waals surface area contributed by atoms with Crippen molar-refractivity contribution in [1.29, 1.82) is 0 Å². The molecule has 3 unspecified atom stereocenters. The molecule has 0 spiro atoms. The van der Waals surface area contributed by atoms with Crippen LogP contribution in [0.25, 0.3) is 0 Å². The molecule has 0 fully saturated rings. The zero-order chi connectivity index (χ0) is 36.1. The number of phosphoric ester groups is 1. The van der Waals surface area contributed by atoms with Gasteiger partial charge >= 0.3 is 7.82 Å². The summed E-state index contributed by atoms with van der Waals surface area (Å²) in [6.45, 7) is 4.23. The molecule has 0 saturated heterocycles. The summed E-state index contributed by atoms with van der Waals surface area (Å²) < 4.78 is 22.2. The summed E-state index contributed by atoms with van der Waals surface area (Å²) in [5, 5.41) is 13.8. The number of carbonyl (C=O) groups excluding carboxylic acids is 1. The number of aliphatic hydroxyl groups is 1. The highest BCUT2D eigenvalue weighted by molar-refractivity contribution is 7.47. The van der Waals surface area contributed by atoms with Crippen LogP contribution < -0.4 is 11.1 Å². The van der Waals surface area contributed by atoms with Gasteiger partial charge in [0.1, 0.15) is 0 Å². The number of hydrogen-bond acceptors (Lipinski definition) is 6. The maximum atomic E-state index is 12.7. The Bertz CT molecular complexity index is 744. The molecule has 3 atom stereocenters. The third kappa shape index (κ3) is 35.7. The van der Waals surface area contributed by atoms with Crippen molar-refractivity contribution in [3.05, 3.63) is 0 Å². The van der Waals surface area contributed by atoms with E-state index in [1.165, 1.54) is 154 Å². The largest absolute Gasteiger partial charge is 0.472 e. The first-order chi connectivity index (χ1) is 23.9. The van der Waals surface area contributed by atoms with E-state index in [4.69, 9.17) is 14.8 Å². The van der Waals surface area contributed by atoms with Gasteiger partial charge in [-0.05, 0) is 12.8 Å². The average molecular weight is 719 g/mol. The van der Waals surface area contributed by atoms with E-state index >= 15 is 0 Å². The van der Waals surface area contributed by atoms with Crippen LogP contribution in [0, 0.1) is 0 Å². The minimum atomic E-state index is -4.31. The van der Waals surface area contributed by atoms with Gasteiger partial charge in [0.05, 0.1) is 25.4 Å². The minimum Gasteiger partial charge on any atom is -0.391 e. The maximum absolute atomic E-state index is 12.7. The number of amides is 1. The molecule has 0 rings (SSSR count). The van der Waals surface area contributed by atoms with Crippen LogP contribution in [-0.2, 0) is 18.4 Å². The standard InChI is InChI=1S/C40H83N2O6P/c1-3-5-7-9-11-13-15-17-19-20-21-23-25-27-29-31-33-39(43)38(37-48-49(45,46)47-36-35-41)42-40(44)34-32-30-28-26-24-22-18-16-14-12-10-8-6-4-2/h38-39,43H,3-37,41H2,1-2H3,(H,42,44)(H,45,46). The number of phosphoric acid groups is 1. The Morgan fingerprint density at radius 2 is 0.939 bits per heavy atom. The Labute approximate surface area is 303 Å². The Kier molecular flexibility index (Phi) is 36.9. The van der Waals surface area contributed by atoms with E-state index in [1.54, 1.807) is 0 Å². The van der Waals surface area contributed by atoms with Crippen molar-refractivity contribution < 1.29 is 28.4 Å². The summed E-state index contributed by atoms with van der Waals surface area (Å²) in [4.78, 5) is 22.7. The van der Waals surface area contributed by atoms with Crippen LogP contribution in [0.2, 0.25) is 0 Å². The van der Waals surface area contributed by atoms with Crippen LogP contribution in [0.15, 0.2) is 0 Å². The van der Waals surface area contributed by atoms with E-state index in [0.29, 0.717) is 12.8 Å². The van der Waals surface area contributed by atoms with E-state index < -0.39 is 20.0 Å². The number of hydrogen-bond donors (Lipinski definition) is 4. The molecule has 0 aliphatic rings. The molecule has 0 aliphatic heterocycles. The first kappa shape index (κ1) is 48.5. The van der Waals surface area contributed by atoms with Gasteiger partial charge in [-0.3, -0.25) is 13.8 Å². The third-order valence-corrected chi connectivity index (χ3v) is 10.7. The molecule has 0 radical (unpaired) electrons. The molecule has 0 aliphatic carbocycles. The lowest BCUT2D eigenvalue weighted by Gasteiger charge is -2.25. The molecule has 5 N–H and O–H groups in total. The number of rotatable bonds is 40. The predicted octanol–water partition coefficient (Wildman–Crippen LogP) is 11.4. The van der Waals surface area contributed by atoms with Crippen molar-refractivity contribution in [2.24, 2.45) is 5.73 Å². The van der Waals surface area contributed by atoms with E-state index in [0.717, 1.165) is 38.5 Å².